The van der Waals surface area contributed by atoms with Crippen molar-refractivity contribution in [3.63, 3.8) is 0 Å². The molecule has 0 amide bonds. The normalized spacial score (nSPS) is 15.9. The lowest BCUT2D eigenvalue weighted by Crippen LogP contribution is -2.37. The number of hydrogen-bond donors (Lipinski definition) is 0. The number of carbonyl (C=O) groups is 1. The maximum atomic E-state index is 14.0. The molecule has 5 nitrogen and oxygen atoms in total. The van der Waals surface area contributed by atoms with E-state index in [0.717, 1.165) is 13.2 Å². The largest absolute Gasteiger partial charge is 0.465 e. The lowest BCUT2D eigenvalue weighted by molar-refractivity contribution is -0.0949. The van der Waals surface area contributed by atoms with Gasteiger partial charge in [0.05, 0.1) is 24.6 Å². The van der Waals surface area contributed by atoms with E-state index in [1.54, 1.807) is 13.8 Å². The van der Waals surface area contributed by atoms with Gasteiger partial charge in [-0.1, -0.05) is 0 Å². The van der Waals surface area contributed by atoms with Crippen molar-refractivity contribution < 1.29 is 23.0 Å². The minimum absolute atomic E-state index is 0.0390. The molecule has 0 spiro atoms. The number of nitrogens with zero attached hydrogens (tertiary/aromatic N) is 1. The first-order valence-electron chi connectivity index (χ1n) is 6.57. The van der Waals surface area contributed by atoms with Crippen LogP contribution in [0.15, 0.2) is 17.1 Å². The van der Waals surface area contributed by atoms with Crippen LogP contribution in [-0.2, 0) is 21.8 Å². The zero-order chi connectivity index (χ0) is 16.2. The van der Waals surface area contributed by atoms with Crippen molar-refractivity contribution in [2.45, 2.75) is 26.2 Å². The molecule has 0 saturated heterocycles. The van der Waals surface area contributed by atoms with Crippen LogP contribution in [0, 0.1) is 11.6 Å². The molecule has 0 atom stereocenters. The van der Waals surface area contributed by atoms with Crippen LogP contribution in [-0.4, -0.2) is 17.6 Å². The molecule has 1 aliphatic heterocycles. The van der Waals surface area contributed by atoms with Gasteiger partial charge in [-0.25, -0.2) is 13.6 Å². The van der Waals surface area contributed by atoms with Gasteiger partial charge in [0.1, 0.15) is 11.3 Å². The highest BCUT2D eigenvalue weighted by Crippen LogP contribution is 2.34. The Morgan fingerprint density at radius 1 is 1.41 bits per heavy atom. The molecule has 0 saturated carbocycles. The van der Waals surface area contributed by atoms with E-state index in [-0.39, 0.29) is 28.6 Å². The fraction of sp³-hybridized carbons (Fsp3) is 0.333. The summed E-state index contributed by atoms with van der Waals surface area (Å²) in [6, 6.07) is 0.806. The number of rotatable bonds is 1. The summed E-state index contributed by atoms with van der Waals surface area (Å²) in [5.41, 5.74) is -1.69. The number of carbonyl (C=O) groups excluding carboxylic acids is 1. The molecule has 3 rings (SSSR count). The molecule has 1 aromatic heterocycles. The van der Waals surface area contributed by atoms with Gasteiger partial charge in [0.15, 0.2) is 11.6 Å². The SMILES string of the molecule is COC(=O)c1cn2c3c(c(F)c(F)cc3c1=O)COC2(C)C. The zero-order valence-corrected chi connectivity index (χ0v) is 12.2. The minimum Gasteiger partial charge on any atom is -0.465 e. The summed E-state index contributed by atoms with van der Waals surface area (Å²) in [4.78, 5) is 24.2. The monoisotopic (exact) mass is 309 g/mol. The van der Waals surface area contributed by atoms with Gasteiger partial charge < -0.3 is 14.0 Å². The minimum atomic E-state index is -1.16. The summed E-state index contributed by atoms with van der Waals surface area (Å²) in [5.74, 6) is -3.05. The average molecular weight is 309 g/mol. The Balaban J connectivity index is 2.55. The molecule has 1 aliphatic rings. The maximum absolute atomic E-state index is 14.0. The second-order valence-corrected chi connectivity index (χ2v) is 5.52. The first-order chi connectivity index (χ1) is 10.3. The average Bonchev–Trinajstić information content (AvgIpc) is 2.47. The van der Waals surface area contributed by atoms with Crippen LogP contribution in [0.1, 0.15) is 29.8 Å². The fourth-order valence-electron chi connectivity index (χ4n) is 2.64. The van der Waals surface area contributed by atoms with Crippen molar-refractivity contribution in [3.8, 4) is 0 Å². The Hall–Kier alpha value is -2.28. The van der Waals surface area contributed by atoms with Gasteiger partial charge in [0.25, 0.3) is 0 Å². The van der Waals surface area contributed by atoms with Crippen LogP contribution in [0.2, 0.25) is 0 Å². The Bertz CT molecular complexity index is 870. The Morgan fingerprint density at radius 3 is 2.73 bits per heavy atom. The Labute approximate surface area is 124 Å². The summed E-state index contributed by atoms with van der Waals surface area (Å²) < 4.78 is 39.3. The molecule has 2 aromatic rings. The molecule has 7 heteroatoms. The van der Waals surface area contributed by atoms with E-state index in [1.807, 2.05) is 0 Å². The molecule has 0 unspecified atom stereocenters. The van der Waals surface area contributed by atoms with Crippen LogP contribution >= 0.6 is 0 Å². The Morgan fingerprint density at radius 2 is 2.09 bits per heavy atom. The topological polar surface area (TPSA) is 57.5 Å². The van der Waals surface area contributed by atoms with E-state index < -0.39 is 28.8 Å². The summed E-state index contributed by atoms with van der Waals surface area (Å²) >= 11 is 0. The van der Waals surface area contributed by atoms with Crippen LogP contribution in [0.3, 0.4) is 0 Å². The number of methoxy groups -OCH3 is 1. The molecule has 0 radical (unpaired) electrons. The third kappa shape index (κ3) is 1.85. The van der Waals surface area contributed by atoms with E-state index in [2.05, 4.69) is 4.74 Å². The predicted molar refractivity (Wildman–Crippen MR) is 73.6 cm³/mol. The van der Waals surface area contributed by atoms with Gasteiger partial charge in [-0.3, -0.25) is 4.79 Å². The fourth-order valence-corrected chi connectivity index (χ4v) is 2.64. The summed E-state index contributed by atoms with van der Waals surface area (Å²) in [6.45, 7) is 3.23. The first kappa shape index (κ1) is 14.6. The molecule has 22 heavy (non-hydrogen) atoms. The third-order valence-electron chi connectivity index (χ3n) is 3.83. The molecule has 0 aliphatic carbocycles. The van der Waals surface area contributed by atoms with Gasteiger partial charge in [-0.15, -0.1) is 0 Å². The highest BCUT2D eigenvalue weighted by atomic mass is 19.2. The lowest BCUT2D eigenvalue weighted by Gasteiger charge is -2.35. The van der Waals surface area contributed by atoms with Crippen molar-refractivity contribution in [2.75, 3.05) is 7.11 Å². The molecular weight excluding hydrogens is 296 g/mol. The van der Waals surface area contributed by atoms with Gasteiger partial charge in [0.2, 0.25) is 5.43 Å². The van der Waals surface area contributed by atoms with Gasteiger partial charge >= 0.3 is 5.97 Å². The van der Waals surface area contributed by atoms with Crippen molar-refractivity contribution in [1.82, 2.24) is 4.57 Å². The van der Waals surface area contributed by atoms with Crippen molar-refractivity contribution in [2.24, 2.45) is 0 Å². The number of aromatic nitrogens is 1. The standard InChI is InChI=1S/C15H13F2NO4/c1-15(2)18-5-8(14(20)21-3)13(19)7-4-10(16)11(17)9(6-22-15)12(7)18/h4-5H,6H2,1-3H3. The van der Waals surface area contributed by atoms with E-state index in [4.69, 9.17) is 4.74 Å². The number of hydrogen-bond acceptors (Lipinski definition) is 4. The molecule has 0 N–H and O–H groups in total. The Kier molecular flexibility index (Phi) is 3.07. The van der Waals surface area contributed by atoms with Gasteiger partial charge in [-0.2, -0.15) is 0 Å². The summed E-state index contributed by atoms with van der Waals surface area (Å²) in [7, 11) is 1.14. The van der Waals surface area contributed by atoms with E-state index in [0.29, 0.717) is 0 Å². The van der Waals surface area contributed by atoms with Gasteiger partial charge in [0, 0.05) is 11.8 Å². The number of benzene rings is 1. The highest BCUT2D eigenvalue weighted by Gasteiger charge is 2.33. The smallest absolute Gasteiger partial charge is 0.343 e. The van der Waals surface area contributed by atoms with Crippen LogP contribution in [0.4, 0.5) is 8.78 Å². The number of ether oxygens (including phenoxy) is 2. The second-order valence-electron chi connectivity index (χ2n) is 5.52. The summed E-state index contributed by atoms with van der Waals surface area (Å²) in [5, 5.41) is -0.0758. The van der Waals surface area contributed by atoms with Crippen LogP contribution < -0.4 is 5.43 Å². The molecule has 0 fully saturated rings. The van der Waals surface area contributed by atoms with Gasteiger partial charge in [-0.05, 0) is 19.9 Å². The molecule has 0 bridgehead atoms. The highest BCUT2D eigenvalue weighted by molar-refractivity contribution is 5.94. The quantitative estimate of drug-likeness (QED) is 0.758. The zero-order valence-electron chi connectivity index (χ0n) is 12.2. The molecule has 1 aromatic carbocycles. The predicted octanol–water partition coefficient (Wildman–Crippen LogP) is 2.29. The lowest BCUT2D eigenvalue weighted by atomic mass is 10.0. The van der Waals surface area contributed by atoms with Crippen molar-refractivity contribution >= 4 is 16.9 Å². The third-order valence-corrected chi connectivity index (χ3v) is 3.83. The molecular formula is C15H13F2NO4. The summed E-state index contributed by atoms with van der Waals surface area (Å²) in [6.07, 6.45) is 1.26. The first-order valence-corrected chi connectivity index (χ1v) is 6.57. The molecule has 2 heterocycles. The van der Waals surface area contributed by atoms with Crippen LogP contribution in [0.5, 0.6) is 0 Å². The van der Waals surface area contributed by atoms with E-state index in [9.17, 15) is 18.4 Å². The van der Waals surface area contributed by atoms with Crippen molar-refractivity contribution in [3.05, 3.63) is 45.2 Å². The maximum Gasteiger partial charge on any atom is 0.343 e. The van der Waals surface area contributed by atoms with E-state index >= 15 is 0 Å². The number of esters is 1. The van der Waals surface area contributed by atoms with Crippen LogP contribution in [0.25, 0.3) is 10.9 Å². The number of halogens is 2. The van der Waals surface area contributed by atoms with Crippen molar-refractivity contribution in [1.29, 1.82) is 0 Å². The second kappa shape index (κ2) is 4.61. The molecule has 116 valence electrons. The number of pyridine rings is 1. The van der Waals surface area contributed by atoms with E-state index in [1.165, 1.54) is 10.8 Å².